The Bertz CT molecular complexity index is 453. The molecular formula is C8H13N3O3S. The Balaban J connectivity index is 2.30. The summed E-state index contributed by atoms with van der Waals surface area (Å²) in [6.45, 7) is 2.25. The number of aryl methyl sites for hydroxylation is 1. The molecule has 1 unspecified atom stereocenters. The van der Waals surface area contributed by atoms with Crippen LogP contribution >= 0.6 is 0 Å². The number of sulfonamides is 1. The summed E-state index contributed by atoms with van der Waals surface area (Å²) >= 11 is 0. The van der Waals surface area contributed by atoms with E-state index >= 15 is 0 Å². The van der Waals surface area contributed by atoms with Crippen molar-refractivity contribution in [2.45, 2.75) is 25.8 Å². The summed E-state index contributed by atoms with van der Waals surface area (Å²) in [6.07, 6.45) is 2.78. The van der Waals surface area contributed by atoms with Gasteiger partial charge in [0.25, 0.3) is 0 Å². The molecule has 1 aromatic heterocycles. The Morgan fingerprint density at radius 1 is 1.53 bits per heavy atom. The highest BCUT2D eigenvalue weighted by atomic mass is 32.2. The van der Waals surface area contributed by atoms with E-state index in [1.54, 1.807) is 6.92 Å². The second-order valence-corrected chi connectivity index (χ2v) is 5.65. The first kappa shape index (κ1) is 10.6. The van der Waals surface area contributed by atoms with Gasteiger partial charge >= 0.3 is 0 Å². The van der Waals surface area contributed by atoms with Gasteiger partial charge in [0.1, 0.15) is 6.04 Å². The molecule has 1 saturated heterocycles. The minimum absolute atomic E-state index is 0.277. The van der Waals surface area contributed by atoms with Crippen LogP contribution in [0.15, 0.2) is 4.52 Å². The maximum atomic E-state index is 11.5. The van der Waals surface area contributed by atoms with Crippen LogP contribution in [-0.4, -0.2) is 35.7 Å². The van der Waals surface area contributed by atoms with E-state index in [0.717, 1.165) is 12.8 Å². The minimum Gasteiger partial charge on any atom is -0.338 e. The summed E-state index contributed by atoms with van der Waals surface area (Å²) < 4.78 is 29.3. The smallest absolute Gasteiger partial charge is 0.245 e. The van der Waals surface area contributed by atoms with Gasteiger partial charge in [0.15, 0.2) is 5.82 Å². The molecule has 2 rings (SSSR count). The topological polar surface area (TPSA) is 76.3 Å². The average molecular weight is 231 g/mol. The van der Waals surface area contributed by atoms with Crippen LogP contribution in [0.2, 0.25) is 0 Å². The molecule has 0 spiro atoms. The molecule has 2 heterocycles. The number of nitrogens with zero attached hydrogens (tertiary/aromatic N) is 3. The summed E-state index contributed by atoms with van der Waals surface area (Å²) in [5, 5.41) is 3.67. The van der Waals surface area contributed by atoms with Gasteiger partial charge < -0.3 is 4.52 Å². The number of aromatic nitrogens is 2. The van der Waals surface area contributed by atoms with E-state index in [9.17, 15) is 8.42 Å². The molecular weight excluding hydrogens is 218 g/mol. The third kappa shape index (κ3) is 2.03. The van der Waals surface area contributed by atoms with E-state index in [2.05, 4.69) is 10.1 Å². The second-order valence-electron chi connectivity index (χ2n) is 3.71. The van der Waals surface area contributed by atoms with E-state index < -0.39 is 10.0 Å². The second kappa shape index (κ2) is 3.57. The van der Waals surface area contributed by atoms with Gasteiger partial charge in [-0.25, -0.2) is 8.42 Å². The molecule has 0 aliphatic carbocycles. The number of rotatable bonds is 2. The lowest BCUT2D eigenvalue weighted by atomic mass is 10.2. The molecule has 1 aliphatic heterocycles. The normalized spacial score (nSPS) is 23.5. The van der Waals surface area contributed by atoms with Crippen molar-refractivity contribution in [3.8, 4) is 0 Å². The van der Waals surface area contributed by atoms with Crippen molar-refractivity contribution < 1.29 is 12.9 Å². The third-order valence-electron chi connectivity index (χ3n) is 2.46. The van der Waals surface area contributed by atoms with Crippen LogP contribution < -0.4 is 0 Å². The number of hydrogen-bond donors (Lipinski definition) is 0. The van der Waals surface area contributed by atoms with Gasteiger partial charge in [-0.1, -0.05) is 5.16 Å². The Morgan fingerprint density at radius 2 is 2.27 bits per heavy atom. The van der Waals surface area contributed by atoms with Crippen molar-refractivity contribution in [3.05, 3.63) is 11.7 Å². The van der Waals surface area contributed by atoms with Gasteiger partial charge in [0.2, 0.25) is 15.9 Å². The van der Waals surface area contributed by atoms with Crippen molar-refractivity contribution in [2.24, 2.45) is 0 Å². The quantitative estimate of drug-likeness (QED) is 0.739. The third-order valence-corrected chi connectivity index (χ3v) is 3.75. The van der Waals surface area contributed by atoms with Gasteiger partial charge in [-0.3, -0.25) is 0 Å². The first-order chi connectivity index (χ1) is 6.98. The highest BCUT2D eigenvalue weighted by Gasteiger charge is 2.35. The molecule has 1 aliphatic rings. The van der Waals surface area contributed by atoms with Crippen LogP contribution in [0, 0.1) is 6.92 Å². The van der Waals surface area contributed by atoms with Crippen molar-refractivity contribution in [3.63, 3.8) is 0 Å². The van der Waals surface area contributed by atoms with Crippen molar-refractivity contribution in [1.29, 1.82) is 0 Å². The molecule has 1 fully saturated rings. The number of hydrogen-bond acceptors (Lipinski definition) is 5. The van der Waals surface area contributed by atoms with Crippen molar-refractivity contribution in [1.82, 2.24) is 14.4 Å². The van der Waals surface area contributed by atoms with Gasteiger partial charge in [0, 0.05) is 6.54 Å². The zero-order valence-electron chi connectivity index (χ0n) is 8.67. The maximum Gasteiger partial charge on any atom is 0.245 e. The van der Waals surface area contributed by atoms with E-state index in [-0.39, 0.29) is 6.04 Å². The van der Waals surface area contributed by atoms with Crippen LogP contribution in [-0.2, 0) is 10.0 Å². The summed E-state index contributed by atoms with van der Waals surface area (Å²) in [4.78, 5) is 4.07. The zero-order chi connectivity index (χ0) is 11.1. The molecule has 0 amide bonds. The fraction of sp³-hybridized carbons (Fsp3) is 0.750. The standard InChI is InChI=1S/C8H13N3O3S/c1-6-9-8(14-10-6)7-4-3-5-11(7)15(2,12)13/h7H,3-5H2,1-2H3. The molecule has 0 bridgehead atoms. The molecule has 0 N–H and O–H groups in total. The van der Waals surface area contributed by atoms with Crippen LogP contribution in [0.4, 0.5) is 0 Å². The molecule has 0 radical (unpaired) electrons. The van der Waals surface area contributed by atoms with Crippen LogP contribution in [0.1, 0.15) is 30.6 Å². The lowest BCUT2D eigenvalue weighted by molar-refractivity contribution is 0.290. The van der Waals surface area contributed by atoms with Crippen LogP contribution in [0.5, 0.6) is 0 Å². The largest absolute Gasteiger partial charge is 0.338 e. The SMILES string of the molecule is Cc1noc(C2CCCN2S(C)(=O)=O)n1. The zero-order valence-corrected chi connectivity index (χ0v) is 9.49. The van der Waals surface area contributed by atoms with E-state index in [4.69, 9.17) is 4.52 Å². The molecule has 7 heteroatoms. The maximum absolute atomic E-state index is 11.5. The summed E-state index contributed by atoms with van der Waals surface area (Å²) in [5.41, 5.74) is 0. The first-order valence-electron chi connectivity index (χ1n) is 4.75. The fourth-order valence-corrected chi connectivity index (χ4v) is 2.95. The predicted molar refractivity (Wildman–Crippen MR) is 52.6 cm³/mol. The van der Waals surface area contributed by atoms with Crippen molar-refractivity contribution >= 4 is 10.0 Å². The van der Waals surface area contributed by atoms with E-state index in [1.165, 1.54) is 10.6 Å². The Labute approximate surface area is 88.3 Å². The molecule has 84 valence electrons. The lowest BCUT2D eigenvalue weighted by Crippen LogP contribution is -2.29. The average Bonchev–Trinajstić information content (AvgIpc) is 2.68. The predicted octanol–water partition coefficient (Wildman–Crippen LogP) is 0.475. The molecule has 0 saturated carbocycles. The first-order valence-corrected chi connectivity index (χ1v) is 6.60. The highest BCUT2D eigenvalue weighted by molar-refractivity contribution is 7.88. The highest BCUT2D eigenvalue weighted by Crippen LogP contribution is 2.32. The summed E-state index contributed by atoms with van der Waals surface area (Å²) in [7, 11) is -3.19. The monoisotopic (exact) mass is 231 g/mol. The molecule has 1 aromatic rings. The minimum atomic E-state index is -3.19. The van der Waals surface area contributed by atoms with Gasteiger partial charge in [-0.05, 0) is 19.8 Å². The molecule has 15 heavy (non-hydrogen) atoms. The Kier molecular flexibility index (Phi) is 2.51. The molecule has 1 atom stereocenters. The molecule has 6 nitrogen and oxygen atoms in total. The van der Waals surface area contributed by atoms with Crippen molar-refractivity contribution in [2.75, 3.05) is 12.8 Å². The van der Waals surface area contributed by atoms with Crippen LogP contribution in [0.3, 0.4) is 0 Å². The van der Waals surface area contributed by atoms with E-state index in [0.29, 0.717) is 18.3 Å². The summed E-state index contributed by atoms with van der Waals surface area (Å²) in [5.74, 6) is 0.931. The molecule has 0 aromatic carbocycles. The Morgan fingerprint density at radius 3 is 2.80 bits per heavy atom. The van der Waals surface area contributed by atoms with Gasteiger partial charge in [-0.15, -0.1) is 0 Å². The van der Waals surface area contributed by atoms with Gasteiger partial charge in [0.05, 0.1) is 6.26 Å². The van der Waals surface area contributed by atoms with Gasteiger partial charge in [-0.2, -0.15) is 9.29 Å². The van der Waals surface area contributed by atoms with E-state index in [1.807, 2.05) is 0 Å². The lowest BCUT2D eigenvalue weighted by Gasteiger charge is -2.18. The fourth-order valence-electron chi connectivity index (χ4n) is 1.83. The van der Waals surface area contributed by atoms with Crippen LogP contribution in [0.25, 0.3) is 0 Å². The summed E-state index contributed by atoms with van der Waals surface area (Å²) in [6, 6.07) is -0.277. The Hall–Kier alpha value is -0.950.